The van der Waals surface area contributed by atoms with Gasteiger partial charge in [0.15, 0.2) is 0 Å². The Morgan fingerprint density at radius 2 is 2.10 bits per heavy atom. The van der Waals surface area contributed by atoms with Crippen LogP contribution in [0.1, 0.15) is 30.3 Å². The summed E-state index contributed by atoms with van der Waals surface area (Å²) in [4.78, 5) is 11.4. The Labute approximate surface area is 125 Å². The van der Waals surface area contributed by atoms with Crippen molar-refractivity contribution >= 4 is 15.9 Å². The molecule has 21 heavy (non-hydrogen) atoms. The molecule has 3 N–H and O–H groups in total. The van der Waals surface area contributed by atoms with Crippen LogP contribution in [0.4, 0.5) is 0 Å². The van der Waals surface area contributed by atoms with Gasteiger partial charge in [0.25, 0.3) is 5.91 Å². The molecule has 0 aliphatic carbocycles. The molecule has 1 aliphatic heterocycles. The van der Waals surface area contributed by atoms with Crippen LogP contribution < -0.4 is 11.1 Å². The Bertz CT molecular complexity index is 617. The molecule has 0 atom stereocenters. The summed E-state index contributed by atoms with van der Waals surface area (Å²) in [7, 11) is -2.00. The molecular weight excluding hydrogens is 292 g/mol. The van der Waals surface area contributed by atoms with Crippen molar-refractivity contribution in [3.8, 4) is 0 Å². The van der Waals surface area contributed by atoms with Gasteiger partial charge < -0.3 is 15.6 Å². The van der Waals surface area contributed by atoms with Crippen molar-refractivity contribution in [2.75, 3.05) is 19.6 Å². The fourth-order valence-corrected chi connectivity index (χ4v) is 4.54. The molecule has 0 bridgehead atoms. The minimum absolute atomic E-state index is 0.00140. The van der Waals surface area contributed by atoms with Crippen LogP contribution in [0.2, 0.25) is 0 Å². The van der Waals surface area contributed by atoms with E-state index in [1.54, 1.807) is 7.05 Å². The summed E-state index contributed by atoms with van der Waals surface area (Å²) in [5.41, 5.74) is 5.44. The maximum absolute atomic E-state index is 12.8. The summed E-state index contributed by atoms with van der Waals surface area (Å²) >= 11 is 0. The van der Waals surface area contributed by atoms with Gasteiger partial charge in [-0.3, -0.25) is 4.79 Å². The lowest BCUT2D eigenvalue weighted by atomic mass is 10.1. The molecule has 118 valence electrons. The second-order valence-corrected chi connectivity index (χ2v) is 7.12. The number of aryl methyl sites for hydroxylation is 1. The van der Waals surface area contributed by atoms with Gasteiger partial charge in [0.1, 0.15) is 10.6 Å². The number of hydrogen-bond donors (Lipinski definition) is 2. The number of hydrogen-bond acceptors (Lipinski definition) is 4. The molecule has 0 spiro atoms. The van der Waals surface area contributed by atoms with Gasteiger partial charge in [0.2, 0.25) is 10.0 Å². The molecule has 0 unspecified atom stereocenters. The number of sulfonamides is 1. The Morgan fingerprint density at radius 3 is 2.57 bits per heavy atom. The van der Waals surface area contributed by atoms with Crippen LogP contribution in [-0.4, -0.2) is 48.9 Å². The zero-order chi connectivity index (χ0) is 15.6. The van der Waals surface area contributed by atoms with Crippen molar-refractivity contribution in [1.29, 1.82) is 0 Å². The SMILES string of the molecule is CCN(C1CCNCC1)S(=O)(=O)c1cc(C(N)=O)n(C)c1. The summed E-state index contributed by atoms with van der Waals surface area (Å²) in [6.07, 6.45) is 3.03. The Morgan fingerprint density at radius 1 is 1.48 bits per heavy atom. The Hall–Kier alpha value is -1.38. The van der Waals surface area contributed by atoms with E-state index in [1.807, 2.05) is 6.92 Å². The first-order valence-electron chi connectivity index (χ1n) is 7.06. The number of carbonyl (C=O) groups excluding carboxylic acids is 1. The van der Waals surface area contributed by atoms with Crippen LogP contribution in [0.15, 0.2) is 17.2 Å². The topological polar surface area (TPSA) is 97.4 Å². The molecule has 1 aliphatic rings. The zero-order valence-corrected chi connectivity index (χ0v) is 13.2. The molecule has 0 saturated carbocycles. The van der Waals surface area contributed by atoms with Crippen LogP contribution >= 0.6 is 0 Å². The van der Waals surface area contributed by atoms with Gasteiger partial charge in [-0.25, -0.2) is 8.42 Å². The van der Waals surface area contributed by atoms with E-state index < -0.39 is 15.9 Å². The lowest BCUT2D eigenvalue weighted by Gasteiger charge is -2.32. The summed E-state index contributed by atoms with van der Waals surface area (Å²) in [5, 5.41) is 3.23. The number of nitrogens with zero attached hydrogens (tertiary/aromatic N) is 2. The highest BCUT2D eigenvalue weighted by atomic mass is 32.2. The number of nitrogens with one attached hydrogen (secondary N) is 1. The van der Waals surface area contributed by atoms with Crippen LogP contribution in [-0.2, 0) is 17.1 Å². The van der Waals surface area contributed by atoms with Gasteiger partial charge in [0, 0.05) is 25.8 Å². The first kappa shape index (κ1) is 16.0. The third kappa shape index (κ3) is 3.12. The number of primary amides is 1. The molecule has 1 saturated heterocycles. The highest BCUT2D eigenvalue weighted by Gasteiger charge is 2.32. The van der Waals surface area contributed by atoms with Gasteiger partial charge in [-0.1, -0.05) is 6.92 Å². The second-order valence-electron chi connectivity index (χ2n) is 5.23. The number of nitrogens with two attached hydrogens (primary N) is 1. The summed E-state index contributed by atoms with van der Waals surface area (Å²) < 4.78 is 28.6. The molecule has 8 heteroatoms. The fourth-order valence-electron chi connectivity index (χ4n) is 2.77. The minimum Gasteiger partial charge on any atom is -0.364 e. The van der Waals surface area contributed by atoms with Crippen molar-refractivity contribution in [2.45, 2.75) is 30.7 Å². The van der Waals surface area contributed by atoms with Crippen molar-refractivity contribution in [1.82, 2.24) is 14.2 Å². The predicted molar refractivity (Wildman–Crippen MR) is 79.4 cm³/mol. The van der Waals surface area contributed by atoms with Gasteiger partial charge in [-0.15, -0.1) is 0 Å². The number of aromatic nitrogens is 1. The molecule has 1 fully saturated rings. The lowest BCUT2D eigenvalue weighted by molar-refractivity contribution is 0.0992. The summed E-state index contributed by atoms with van der Waals surface area (Å²) in [6, 6.07) is 1.35. The molecule has 0 radical (unpaired) electrons. The van der Waals surface area contributed by atoms with Crippen LogP contribution in [0.25, 0.3) is 0 Å². The maximum atomic E-state index is 12.8. The molecular formula is C13H22N4O3S. The van der Waals surface area contributed by atoms with E-state index in [4.69, 9.17) is 5.73 Å². The van der Waals surface area contributed by atoms with Gasteiger partial charge in [-0.2, -0.15) is 4.31 Å². The fraction of sp³-hybridized carbons (Fsp3) is 0.615. The van der Waals surface area contributed by atoms with E-state index in [2.05, 4.69) is 5.32 Å². The summed E-state index contributed by atoms with van der Waals surface area (Å²) in [6.45, 7) is 3.88. The number of rotatable bonds is 5. The van der Waals surface area contributed by atoms with E-state index in [0.29, 0.717) is 6.54 Å². The van der Waals surface area contributed by atoms with E-state index >= 15 is 0 Å². The number of piperidine rings is 1. The van der Waals surface area contributed by atoms with E-state index in [1.165, 1.54) is 21.1 Å². The Kier molecular flexibility index (Phi) is 4.70. The minimum atomic E-state index is -3.61. The molecule has 1 amide bonds. The van der Waals surface area contributed by atoms with Crippen LogP contribution in [0.3, 0.4) is 0 Å². The third-order valence-corrected chi connectivity index (χ3v) is 5.86. The molecule has 2 heterocycles. The average Bonchev–Trinajstić information content (AvgIpc) is 2.83. The molecule has 1 aromatic rings. The first-order chi connectivity index (χ1) is 9.87. The first-order valence-corrected chi connectivity index (χ1v) is 8.50. The molecule has 2 rings (SSSR count). The predicted octanol–water partition coefficient (Wildman–Crippen LogP) is -0.113. The van der Waals surface area contributed by atoms with Crippen LogP contribution in [0, 0.1) is 0 Å². The molecule has 1 aromatic heterocycles. The standard InChI is InChI=1S/C13H22N4O3S/c1-3-17(10-4-6-15-7-5-10)21(19,20)11-8-12(13(14)18)16(2)9-11/h8-10,15H,3-7H2,1-2H3,(H2,14,18). The highest BCUT2D eigenvalue weighted by molar-refractivity contribution is 7.89. The molecule has 0 aromatic carbocycles. The Balaban J connectivity index is 2.34. The molecule has 7 nitrogen and oxygen atoms in total. The largest absolute Gasteiger partial charge is 0.364 e. The van der Waals surface area contributed by atoms with Gasteiger partial charge >= 0.3 is 0 Å². The monoisotopic (exact) mass is 314 g/mol. The lowest BCUT2D eigenvalue weighted by Crippen LogP contribution is -2.45. The number of amides is 1. The van der Waals surface area contributed by atoms with Crippen LogP contribution in [0.5, 0.6) is 0 Å². The smallest absolute Gasteiger partial charge is 0.265 e. The van der Waals surface area contributed by atoms with Crippen molar-refractivity contribution in [2.24, 2.45) is 12.8 Å². The van der Waals surface area contributed by atoms with E-state index in [9.17, 15) is 13.2 Å². The van der Waals surface area contributed by atoms with E-state index in [-0.39, 0.29) is 16.6 Å². The normalized spacial score (nSPS) is 17.3. The van der Waals surface area contributed by atoms with Crippen molar-refractivity contribution in [3.05, 3.63) is 18.0 Å². The highest BCUT2D eigenvalue weighted by Crippen LogP contribution is 2.23. The quantitative estimate of drug-likeness (QED) is 0.792. The zero-order valence-electron chi connectivity index (χ0n) is 12.4. The van der Waals surface area contributed by atoms with E-state index in [0.717, 1.165) is 25.9 Å². The number of carbonyl (C=O) groups is 1. The average molecular weight is 314 g/mol. The second kappa shape index (κ2) is 6.17. The van der Waals surface area contributed by atoms with Crippen molar-refractivity contribution < 1.29 is 13.2 Å². The van der Waals surface area contributed by atoms with Crippen molar-refractivity contribution in [3.63, 3.8) is 0 Å². The third-order valence-electron chi connectivity index (χ3n) is 3.87. The summed E-state index contributed by atoms with van der Waals surface area (Å²) in [5.74, 6) is -0.635. The van der Waals surface area contributed by atoms with Gasteiger partial charge in [-0.05, 0) is 32.0 Å². The maximum Gasteiger partial charge on any atom is 0.265 e. The van der Waals surface area contributed by atoms with Gasteiger partial charge in [0.05, 0.1) is 0 Å².